The number of aryl methyl sites for hydroxylation is 2. The molecule has 52 heavy (non-hydrogen) atoms. The van der Waals surface area contributed by atoms with Gasteiger partial charge in [-0.2, -0.15) is 39.5 Å². The Morgan fingerprint density at radius 3 is 2.17 bits per heavy atom. The quantitative estimate of drug-likeness (QED) is 0.389. The van der Waals surface area contributed by atoms with Gasteiger partial charge in [0.1, 0.15) is 23.7 Å². The Morgan fingerprint density at radius 2 is 1.54 bits per heavy atom. The molecule has 2 aromatic carbocycles. The van der Waals surface area contributed by atoms with Crippen LogP contribution in [-0.2, 0) is 32.2 Å². The minimum atomic E-state index is -6.12. The molecule has 1 saturated heterocycles. The number of piperidine rings is 1. The molecular formula is C32H33F9N4O6S. The van der Waals surface area contributed by atoms with Crippen LogP contribution < -0.4 is 10.1 Å². The summed E-state index contributed by atoms with van der Waals surface area (Å²) in [6, 6.07) is 5.76. The molecule has 2 aromatic rings. The molecule has 5 aliphatic heterocycles. The van der Waals surface area contributed by atoms with Crippen molar-refractivity contribution < 1.29 is 67.0 Å². The molecule has 1 spiro atoms. The van der Waals surface area contributed by atoms with Crippen LogP contribution in [0.3, 0.4) is 0 Å². The van der Waals surface area contributed by atoms with E-state index >= 15 is 0 Å². The van der Waals surface area contributed by atoms with Gasteiger partial charge < -0.3 is 19.7 Å². The van der Waals surface area contributed by atoms with Crippen LogP contribution in [0.2, 0.25) is 0 Å². The van der Waals surface area contributed by atoms with Gasteiger partial charge in [-0.05, 0) is 67.6 Å². The standard InChI is InChI=1S/C32H33F9N4O6S/c1-19-13-21-4-3-20(19)5-12-52(48,49)45-8-6-28(7-9-45)27(47)42-25(43-28)22-14-23(31(37,38)39)16-24(15-22)51-18-30(35,36)32(40,41)29(33,34)17-50-11-10-44(2)26(21)46/h3-4,13-16H,5-12,17-18H2,1-2H3,(H,42,43,47). The molecule has 0 saturated carbocycles. The molecule has 1 fully saturated rings. The fourth-order valence-corrected chi connectivity index (χ4v) is 7.41. The van der Waals surface area contributed by atoms with Gasteiger partial charge in [0.15, 0.2) is 6.61 Å². The first-order valence-electron chi connectivity index (χ1n) is 15.8. The fourth-order valence-electron chi connectivity index (χ4n) is 5.93. The lowest BCUT2D eigenvalue weighted by Crippen LogP contribution is -2.58. The zero-order valence-corrected chi connectivity index (χ0v) is 28.5. The maximum absolute atomic E-state index is 14.7. The van der Waals surface area contributed by atoms with E-state index < -0.39 is 100 Å². The van der Waals surface area contributed by atoms with Crippen molar-refractivity contribution in [1.29, 1.82) is 0 Å². The van der Waals surface area contributed by atoms with Crippen molar-refractivity contribution in [2.45, 2.75) is 55.7 Å². The first-order chi connectivity index (χ1) is 24.0. The summed E-state index contributed by atoms with van der Waals surface area (Å²) in [6.45, 7) is -4.61. The largest absolute Gasteiger partial charge is 0.487 e. The number of benzene rings is 2. The van der Waals surface area contributed by atoms with Gasteiger partial charge in [0, 0.05) is 37.8 Å². The van der Waals surface area contributed by atoms with Crippen molar-refractivity contribution in [3.8, 4) is 5.75 Å². The highest BCUT2D eigenvalue weighted by atomic mass is 32.2. The Labute approximate surface area is 292 Å². The predicted molar refractivity (Wildman–Crippen MR) is 166 cm³/mol. The van der Waals surface area contributed by atoms with E-state index in [9.17, 15) is 57.5 Å². The number of hydrogen-bond acceptors (Lipinski definition) is 7. The van der Waals surface area contributed by atoms with E-state index in [-0.39, 0.29) is 49.7 Å². The fraction of sp³-hybridized carbons (Fsp3) is 0.531. The minimum absolute atomic E-state index is 0.0502. The molecule has 286 valence electrons. The number of carbonyl (C=O) groups is 2. The van der Waals surface area contributed by atoms with Gasteiger partial charge in [-0.1, -0.05) is 6.07 Å². The summed E-state index contributed by atoms with van der Waals surface area (Å²) in [7, 11) is -2.63. The number of ether oxygens (including phenoxy) is 2. The third-order valence-corrected chi connectivity index (χ3v) is 11.1. The maximum atomic E-state index is 14.7. The number of amidine groups is 1. The number of alkyl halides is 9. The topological polar surface area (TPSA) is 118 Å². The van der Waals surface area contributed by atoms with E-state index in [4.69, 9.17) is 0 Å². The van der Waals surface area contributed by atoms with Crippen molar-refractivity contribution in [2.75, 3.05) is 52.3 Å². The van der Waals surface area contributed by atoms with Gasteiger partial charge >= 0.3 is 23.9 Å². The lowest BCUT2D eigenvalue weighted by Gasteiger charge is -2.34. The summed E-state index contributed by atoms with van der Waals surface area (Å²) in [5.74, 6) is -20.5. The van der Waals surface area contributed by atoms with Crippen LogP contribution in [0.25, 0.3) is 0 Å². The number of hydrogen-bond donors (Lipinski definition) is 1. The number of fused-ring (bicyclic) bond motifs is 2. The van der Waals surface area contributed by atoms with Crippen LogP contribution in [0.4, 0.5) is 39.5 Å². The normalized spacial score (nSPS) is 23.8. The molecule has 5 aliphatic rings. The molecule has 2 amide bonds. The highest BCUT2D eigenvalue weighted by molar-refractivity contribution is 7.89. The molecule has 0 aliphatic carbocycles. The zero-order chi connectivity index (χ0) is 38.5. The molecule has 1 N–H and O–H groups in total. The Kier molecular flexibility index (Phi) is 10.4. The number of likely N-dealkylation sites (N-methyl/N-ethyl adjacent to an activating group) is 1. The molecule has 5 heterocycles. The number of nitrogens with one attached hydrogen (secondary N) is 1. The molecule has 7 rings (SSSR count). The lowest BCUT2D eigenvalue weighted by atomic mass is 9.89. The second kappa shape index (κ2) is 13.8. The Bertz CT molecular complexity index is 1860. The summed E-state index contributed by atoms with van der Waals surface area (Å²) in [5.41, 5.74) is -2.38. The summed E-state index contributed by atoms with van der Waals surface area (Å²) in [5, 5.41) is 2.31. The van der Waals surface area contributed by atoms with Crippen LogP contribution in [0.1, 0.15) is 45.5 Å². The van der Waals surface area contributed by atoms with Crippen LogP contribution in [0.5, 0.6) is 5.75 Å². The number of nitrogens with zero attached hydrogens (tertiary/aromatic N) is 3. The van der Waals surface area contributed by atoms with Gasteiger partial charge in [-0.3, -0.25) is 14.6 Å². The van der Waals surface area contributed by atoms with E-state index in [2.05, 4.69) is 19.8 Å². The first kappa shape index (κ1) is 39.3. The third kappa shape index (κ3) is 7.73. The Balaban J connectivity index is 1.49. The molecule has 7 bridgehead atoms. The SMILES string of the molecule is Cc1cc2ccc1CCS(=O)(=O)N1CCC3(CC1)N=C(NC3=O)c1cc(cc(C(F)(F)F)c1)OCC(F)(F)C(F)(F)C(F)(F)COCCN(C)C2=O. The lowest BCUT2D eigenvalue weighted by molar-refractivity contribution is -0.324. The summed E-state index contributed by atoms with van der Waals surface area (Å²) in [6.07, 6.45) is -5.45. The van der Waals surface area contributed by atoms with Crippen molar-refractivity contribution >= 4 is 27.7 Å². The van der Waals surface area contributed by atoms with E-state index in [1.54, 1.807) is 6.92 Å². The number of halogens is 9. The summed E-state index contributed by atoms with van der Waals surface area (Å²) in [4.78, 5) is 31.3. The molecule has 10 nitrogen and oxygen atoms in total. The smallest absolute Gasteiger partial charge is 0.416 e. The number of amides is 2. The van der Waals surface area contributed by atoms with Crippen LogP contribution in [0.15, 0.2) is 41.4 Å². The Hall–Kier alpha value is -3.91. The zero-order valence-electron chi connectivity index (χ0n) is 27.6. The summed E-state index contributed by atoms with van der Waals surface area (Å²) < 4.78 is 166. The molecule has 20 heteroatoms. The second-order valence-electron chi connectivity index (χ2n) is 12.8. The molecular weight excluding hydrogens is 739 g/mol. The average Bonchev–Trinajstić information content (AvgIpc) is 3.38. The van der Waals surface area contributed by atoms with Gasteiger partial charge in [0.25, 0.3) is 11.8 Å². The van der Waals surface area contributed by atoms with Crippen LogP contribution in [0, 0.1) is 6.92 Å². The predicted octanol–water partition coefficient (Wildman–Crippen LogP) is 4.68. The van der Waals surface area contributed by atoms with E-state index in [0.717, 1.165) is 9.21 Å². The average molecular weight is 773 g/mol. The second-order valence-corrected chi connectivity index (χ2v) is 14.9. The first-order valence-corrected chi connectivity index (χ1v) is 17.4. The van der Waals surface area contributed by atoms with Crippen LogP contribution >= 0.6 is 0 Å². The van der Waals surface area contributed by atoms with Gasteiger partial charge in [-0.25, -0.2) is 12.7 Å². The van der Waals surface area contributed by atoms with Gasteiger partial charge in [0.05, 0.1) is 17.9 Å². The minimum Gasteiger partial charge on any atom is -0.487 e. The molecule has 0 aromatic heterocycles. The van der Waals surface area contributed by atoms with Crippen molar-refractivity contribution in [3.05, 3.63) is 64.2 Å². The highest BCUT2D eigenvalue weighted by Crippen LogP contribution is 2.46. The number of carbonyl (C=O) groups excluding carboxylic acids is 2. The van der Waals surface area contributed by atoms with E-state index in [1.165, 1.54) is 25.2 Å². The number of rotatable bonds is 0. The van der Waals surface area contributed by atoms with Gasteiger partial charge in [0.2, 0.25) is 10.0 Å². The van der Waals surface area contributed by atoms with E-state index in [0.29, 0.717) is 23.3 Å². The van der Waals surface area contributed by atoms with Crippen molar-refractivity contribution in [1.82, 2.24) is 14.5 Å². The molecule has 0 radical (unpaired) electrons. The Morgan fingerprint density at radius 1 is 0.885 bits per heavy atom. The summed E-state index contributed by atoms with van der Waals surface area (Å²) >= 11 is 0. The highest BCUT2D eigenvalue weighted by Gasteiger charge is 2.72. The van der Waals surface area contributed by atoms with Crippen molar-refractivity contribution in [3.63, 3.8) is 0 Å². The monoisotopic (exact) mass is 772 g/mol. The van der Waals surface area contributed by atoms with E-state index in [1.807, 2.05) is 0 Å². The number of aliphatic imine (C=N–C) groups is 1. The van der Waals surface area contributed by atoms with Gasteiger partial charge in [-0.15, -0.1) is 0 Å². The van der Waals surface area contributed by atoms with Crippen molar-refractivity contribution in [2.24, 2.45) is 4.99 Å². The molecule has 0 atom stereocenters. The maximum Gasteiger partial charge on any atom is 0.416 e. The van der Waals surface area contributed by atoms with Crippen LogP contribution in [-0.4, -0.2) is 111 Å². The third-order valence-electron chi connectivity index (χ3n) is 9.19. The molecule has 0 unspecified atom stereocenters. The number of sulfonamides is 1.